The van der Waals surface area contributed by atoms with E-state index in [2.05, 4.69) is 34.6 Å². The first-order chi connectivity index (χ1) is 10.7. The Morgan fingerprint density at radius 1 is 1.00 bits per heavy atom. The largest absolute Gasteiger partial charge is 0.352 e. The summed E-state index contributed by atoms with van der Waals surface area (Å²) in [5.41, 5.74) is 1.45. The molecule has 2 aromatic carbocycles. The van der Waals surface area contributed by atoms with Crippen LogP contribution >= 0.6 is 0 Å². The zero-order valence-electron chi connectivity index (χ0n) is 12.0. The minimum atomic E-state index is -0.215. The summed E-state index contributed by atoms with van der Waals surface area (Å²) in [4.78, 5) is 25.5. The van der Waals surface area contributed by atoms with Crippen molar-refractivity contribution in [2.75, 3.05) is 6.54 Å². The molecule has 1 heterocycles. The molecule has 0 bridgehead atoms. The van der Waals surface area contributed by atoms with Crippen molar-refractivity contribution in [3.63, 3.8) is 0 Å². The highest BCUT2D eigenvalue weighted by molar-refractivity contribution is 5.93. The number of hydrogen-bond acceptors (Lipinski definition) is 2. The van der Waals surface area contributed by atoms with Gasteiger partial charge in [-0.3, -0.25) is 9.59 Å². The molecule has 110 valence electrons. The zero-order valence-corrected chi connectivity index (χ0v) is 12.0. The van der Waals surface area contributed by atoms with Crippen LogP contribution in [0.5, 0.6) is 0 Å². The zero-order chi connectivity index (χ0) is 15.4. The fraction of sp³-hybridized carbons (Fsp3) is 0.111. The molecule has 4 heteroatoms. The molecule has 22 heavy (non-hydrogen) atoms. The smallest absolute Gasteiger partial charge is 0.252 e. The van der Waals surface area contributed by atoms with E-state index in [0.717, 1.165) is 6.42 Å². The molecular weight excluding hydrogens is 276 g/mol. The van der Waals surface area contributed by atoms with Gasteiger partial charge in [0.25, 0.3) is 5.91 Å². The molecule has 0 aliphatic rings. The summed E-state index contributed by atoms with van der Waals surface area (Å²) < 4.78 is 0. The molecule has 0 radical (unpaired) electrons. The highest BCUT2D eigenvalue weighted by atomic mass is 16.1. The van der Waals surface area contributed by atoms with E-state index in [1.54, 1.807) is 0 Å². The molecule has 1 amide bonds. The summed E-state index contributed by atoms with van der Waals surface area (Å²) in [7, 11) is 0. The van der Waals surface area contributed by atoms with Gasteiger partial charge in [0.05, 0.1) is 5.56 Å². The molecular formula is C18H16N2O2. The third kappa shape index (κ3) is 3.06. The average Bonchev–Trinajstić information content (AvgIpc) is 2.55. The molecule has 0 spiro atoms. The highest BCUT2D eigenvalue weighted by Crippen LogP contribution is 2.18. The summed E-state index contributed by atoms with van der Waals surface area (Å²) in [6.45, 7) is 0.548. The van der Waals surface area contributed by atoms with Crippen LogP contribution in [-0.4, -0.2) is 17.4 Å². The Kier molecular flexibility index (Phi) is 4.01. The second-order valence-electron chi connectivity index (χ2n) is 5.09. The first-order valence-corrected chi connectivity index (χ1v) is 7.17. The van der Waals surface area contributed by atoms with Crippen LogP contribution in [0, 0.1) is 0 Å². The predicted octanol–water partition coefficient (Wildman–Crippen LogP) is 2.50. The van der Waals surface area contributed by atoms with Crippen LogP contribution in [0.4, 0.5) is 0 Å². The standard InChI is InChI=1S/C18H16N2O2/c21-17-9-8-15(12-20-17)18(22)19-11-10-14-6-3-5-13-4-1-2-7-16(13)14/h1-9,12H,10-11H2,(H,19,22)(H,20,21). The van der Waals surface area contributed by atoms with Crippen molar-refractivity contribution in [2.45, 2.75) is 6.42 Å². The van der Waals surface area contributed by atoms with E-state index >= 15 is 0 Å². The van der Waals surface area contributed by atoms with Crippen LogP contribution in [0.1, 0.15) is 15.9 Å². The quantitative estimate of drug-likeness (QED) is 0.776. The summed E-state index contributed by atoms with van der Waals surface area (Å²) in [5, 5.41) is 5.28. The first kappa shape index (κ1) is 14.1. The maximum absolute atomic E-state index is 12.0. The molecule has 0 saturated heterocycles. The van der Waals surface area contributed by atoms with Crippen LogP contribution in [0.2, 0.25) is 0 Å². The van der Waals surface area contributed by atoms with Crippen molar-refractivity contribution < 1.29 is 4.79 Å². The van der Waals surface area contributed by atoms with E-state index in [-0.39, 0.29) is 11.5 Å². The number of amides is 1. The number of benzene rings is 2. The number of hydrogen-bond donors (Lipinski definition) is 2. The molecule has 3 rings (SSSR count). The van der Waals surface area contributed by atoms with Crippen LogP contribution in [-0.2, 0) is 6.42 Å². The van der Waals surface area contributed by atoms with Crippen molar-refractivity contribution >= 4 is 16.7 Å². The molecule has 0 fully saturated rings. The number of carbonyl (C=O) groups excluding carboxylic acids is 1. The number of nitrogens with one attached hydrogen (secondary N) is 2. The van der Waals surface area contributed by atoms with Crippen molar-refractivity contribution in [2.24, 2.45) is 0 Å². The van der Waals surface area contributed by atoms with Gasteiger partial charge in [0.2, 0.25) is 5.56 Å². The number of H-pyrrole nitrogens is 1. The molecule has 3 aromatic rings. The monoisotopic (exact) mass is 292 g/mol. The summed E-state index contributed by atoms with van der Waals surface area (Å²) >= 11 is 0. The third-order valence-electron chi connectivity index (χ3n) is 3.61. The van der Waals surface area contributed by atoms with Gasteiger partial charge in [-0.1, -0.05) is 42.5 Å². The number of aromatic nitrogens is 1. The van der Waals surface area contributed by atoms with Crippen LogP contribution in [0.15, 0.2) is 65.6 Å². The first-order valence-electron chi connectivity index (χ1n) is 7.17. The number of carbonyl (C=O) groups is 1. The summed E-state index contributed by atoms with van der Waals surface area (Å²) in [6, 6.07) is 17.3. The van der Waals surface area contributed by atoms with E-state index in [4.69, 9.17) is 0 Å². The molecule has 0 aliphatic carbocycles. The molecule has 0 saturated carbocycles. The van der Waals surface area contributed by atoms with E-state index in [1.165, 1.54) is 34.7 Å². The molecule has 0 unspecified atom stereocenters. The van der Waals surface area contributed by atoms with Gasteiger partial charge in [-0.25, -0.2) is 0 Å². The predicted molar refractivity (Wildman–Crippen MR) is 87.0 cm³/mol. The van der Waals surface area contributed by atoms with Crippen molar-refractivity contribution in [1.29, 1.82) is 0 Å². The van der Waals surface area contributed by atoms with E-state index in [1.807, 2.05) is 18.2 Å². The molecule has 0 aliphatic heterocycles. The van der Waals surface area contributed by atoms with E-state index < -0.39 is 0 Å². The Labute approximate surface area is 127 Å². The lowest BCUT2D eigenvalue weighted by molar-refractivity contribution is 0.0954. The molecule has 4 nitrogen and oxygen atoms in total. The van der Waals surface area contributed by atoms with Gasteiger partial charge in [-0.05, 0) is 28.8 Å². The molecule has 2 N–H and O–H groups in total. The van der Waals surface area contributed by atoms with Crippen LogP contribution in [0.25, 0.3) is 10.8 Å². The molecule has 0 atom stereocenters. The van der Waals surface area contributed by atoms with Gasteiger partial charge in [-0.15, -0.1) is 0 Å². The Morgan fingerprint density at radius 3 is 2.64 bits per heavy atom. The average molecular weight is 292 g/mol. The van der Waals surface area contributed by atoms with E-state index in [0.29, 0.717) is 12.1 Å². The van der Waals surface area contributed by atoms with Gasteiger partial charge in [0.15, 0.2) is 0 Å². The maximum atomic E-state index is 12.0. The van der Waals surface area contributed by atoms with Gasteiger partial charge < -0.3 is 10.3 Å². The second kappa shape index (κ2) is 6.26. The normalized spacial score (nSPS) is 10.5. The number of rotatable bonds is 4. The number of pyridine rings is 1. The lowest BCUT2D eigenvalue weighted by Gasteiger charge is -2.08. The van der Waals surface area contributed by atoms with E-state index in [9.17, 15) is 9.59 Å². The second-order valence-corrected chi connectivity index (χ2v) is 5.09. The van der Waals surface area contributed by atoms with Gasteiger partial charge in [0.1, 0.15) is 0 Å². The maximum Gasteiger partial charge on any atom is 0.252 e. The Bertz CT molecular complexity index is 842. The van der Waals surface area contributed by atoms with Crippen molar-refractivity contribution in [1.82, 2.24) is 10.3 Å². The minimum absolute atomic E-state index is 0.184. The van der Waals surface area contributed by atoms with Gasteiger partial charge in [-0.2, -0.15) is 0 Å². The highest BCUT2D eigenvalue weighted by Gasteiger charge is 2.05. The van der Waals surface area contributed by atoms with Gasteiger partial charge in [0, 0.05) is 18.8 Å². The van der Waals surface area contributed by atoms with Gasteiger partial charge >= 0.3 is 0 Å². The lowest BCUT2D eigenvalue weighted by Crippen LogP contribution is -2.26. The molecule has 1 aromatic heterocycles. The van der Waals surface area contributed by atoms with Crippen molar-refractivity contribution in [3.05, 3.63) is 82.3 Å². The number of aromatic amines is 1. The summed E-state index contributed by atoms with van der Waals surface area (Å²) in [5.74, 6) is -0.184. The topological polar surface area (TPSA) is 62.0 Å². The van der Waals surface area contributed by atoms with Crippen molar-refractivity contribution in [3.8, 4) is 0 Å². The summed E-state index contributed by atoms with van der Waals surface area (Å²) in [6.07, 6.45) is 2.19. The fourth-order valence-corrected chi connectivity index (χ4v) is 2.48. The lowest BCUT2D eigenvalue weighted by atomic mass is 10.0. The Morgan fingerprint density at radius 2 is 1.82 bits per heavy atom. The Hall–Kier alpha value is -2.88. The van der Waals surface area contributed by atoms with Crippen LogP contribution in [0.3, 0.4) is 0 Å². The Balaban J connectivity index is 1.66. The van der Waals surface area contributed by atoms with Crippen LogP contribution < -0.4 is 10.9 Å². The number of fused-ring (bicyclic) bond motifs is 1. The minimum Gasteiger partial charge on any atom is -0.352 e. The third-order valence-corrected chi connectivity index (χ3v) is 3.61. The fourth-order valence-electron chi connectivity index (χ4n) is 2.48. The SMILES string of the molecule is O=C(NCCc1cccc2ccccc12)c1ccc(=O)[nH]c1.